The highest BCUT2D eigenvalue weighted by Crippen LogP contribution is 2.29. The quantitative estimate of drug-likeness (QED) is 0.505. The molecular weight excluding hydrogens is 378 g/mol. The molecule has 2 heterocycles. The fraction of sp³-hybridized carbons (Fsp3) is 0.167. The highest BCUT2D eigenvalue weighted by Gasteiger charge is 2.12. The maximum atomic E-state index is 12.5. The molecule has 0 atom stereocenters. The lowest BCUT2D eigenvalue weighted by molar-refractivity contribution is 0.0946. The van der Waals surface area contributed by atoms with E-state index in [1.165, 1.54) is 0 Å². The lowest BCUT2D eigenvalue weighted by Gasteiger charge is -2.12. The molecule has 0 unspecified atom stereocenters. The van der Waals surface area contributed by atoms with Crippen molar-refractivity contribution in [3.05, 3.63) is 95.4 Å². The van der Waals surface area contributed by atoms with E-state index in [0.717, 1.165) is 22.5 Å². The van der Waals surface area contributed by atoms with Gasteiger partial charge in [-0.25, -0.2) is 4.98 Å². The molecule has 0 spiro atoms. The number of aromatic nitrogens is 2. The van der Waals surface area contributed by atoms with Crippen molar-refractivity contribution >= 4 is 11.6 Å². The van der Waals surface area contributed by atoms with Gasteiger partial charge in [0.1, 0.15) is 17.9 Å². The Hall–Kier alpha value is -3.80. The van der Waals surface area contributed by atoms with Crippen LogP contribution < -0.4 is 14.8 Å². The van der Waals surface area contributed by atoms with Crippen LogP contribution in [0.5, 0.6) is 11.5 Å². The second-order valence-corrected chi connectivity index (χ2v) is 6.96. The molecule has 1 amide bonds. The number of methoxy groups -OCH3 is 1. The van der Waals surface area contributed by atoms with Crippen LogP contribution in [0.25, 0.3) is 5.65 Å². The van der Waals surface area contributed by atoms with Crippen molar-refractivity contribution < 1.29 is 14.3 Å². The SMILES string of the molecule is COc1cc(CNC(=O)c2cn3c(C)cccc3n2)ccc1OCc1ccccc1. The van der Waals surface area contributed by atoms with Gasteiger partial charge in [-0.3, -0.25) is 4.79 Å². The van der Waals surface area contributed by atoms with Crippen LogP contribution in [0.2, 0.25) is 0 Å². The van der Waals surface area contributed by atoms with Crippen LogP contribution >= 0.6 is 0 Å². The van der Waals surface area contributed by atoms with Crippen LogP contribution in [0.3, 0.4) is 0 Å². The Bertz CT molecular complexity index is 1170. The third-order valence-corrected chi connectivity index (χ3v) is 4.85. The van der Waals surface area contributed by atoms with Gasteiger partial charge in [-0.15, -0.1) is 0 Å². The number of rotatable bonds is 7. The number of carbonyl (C=O) groups is 1. The molecule has 4 rings (SSSR count). The van der Waals surface area contributed by atoms with E-state index in [1.807, 2.05) is 78.1 Å². The minimum atomic E-state index is -0.221. The van der Waals surface area contributed by atoms with Gasteiger partial charge in [-0.05, 0) is 42.3 Å². The van der Waals surface area contributed by atoms with E-state index in [9.17, 15) is 4.79 Å². The van der Waals surface area contributed by atoms with E-state index >= 15 is 0 Å². The summed E-state index contributed by atoms with van der Waals surface area (Å²) in [6.45, 7) is 2.80. The average molecular weight is 401 g/mol. The molecule has 0 aliphatic rings. The van der Waals surface area contributed by atoms with Gasteiger partial charge >= 0.3 is 0 Å². The first-order valence-corrected chi connectivity index (χ1v) is 9.70. The summed E-state index contributed by atoms with van der Waals surface area (Å²) in [4.78, 5) is 16.9. The van der Waals surface area contributed by atoms with Crippen molar-refractivity contribution in [2.75, 3.05) is 7.11 Å². The van der Waals surface area contributed by atoms with Gasteiger partial charge in [0, 0.05) is 18.4 Å². The fourth-order valence-corrected chi connectivity index (χ4v) is 3.21. The number of ether oxygens (including phenoxy) is 2. The topological polar surface area (TPSA) is 64.9 Å². The van der Waals surface area contributed by atoms with Crippen LogP contribution in [0.4, 0.5) is 0 Å². The molecule has 6 heteroatoms. The number of fused-ring (bicyclic) bond motifs is 1. The van der Waals surface area contributed by atoms with Crippen molar-refractivity contribution in [1.29, 1.82) is 0 Å². The van der Waals surface area contributed by atoms with E-state index in [4.69, 9.17) is 9.47 Å². The zero-order chi connectivity index (χ0) is 20.9. The highest BCUT2D eigenvalue weighted by atomic mass is 16.5. The number of benzene rings is 2. The Morgan fingerprint density at radius 1 is 1.00 bits per heavy atom. The minimum absolute atomic E-state index is 0.221. The van der Waals surface area contributed by atoms with Crippen molar-refractivity contribution in [3.63, 3.8) is 0 Å². The number of carbonyl (C=O) groups excluding carboxylic acids is 1. The summed E-state index contributed by atoms with van der Waals surface area (Å²) in [6.07, 6.45) is 1.75. The van der Waals surface area contributed by atoms with E-state index in [2.05, 4.69) is 10.3 Å². The smallest absolute Gasteiger partial charge is 0.271 e. The largest absolute Gasteiger partial charge is 0.493 e. The molecule has 0 aliphatic heterocycles. The Balaban J connectivity index is 1.41. The molecule has 0 aliphatic carbocycles. The van der Waals surface area contributed by atoms with Gasteiger partial charge in [0.2, 0.25) is 0 Å². The maximum absolute atomic E-state index is 12.5. The summed E-state index contributed by atoms with van der Waals surface area (Å²) in [5.41, 5.74) is 4.15. The summed E-state index contributed by atoms with van der Waals surface area (Å²) >= 11 is 0. The van der Waals surface area contributed by atoms with Crippen molar-refractivity contribution in [3.8, 4) is 11.5 Å². The molecule has 2 aromatic heterocycles. The number of nitrogens with one attached hydrogen (secondary N) is 1. The number of amides is 1. The Kier molecular flexibility index (Phi) is 5.66. The summed E-state index contributed by atoms with van der Waals surface area (Å²) in [6, 6.07) is 21.4. The molecule has 1 N–H and O–H groups in total. The van der Waals surface area contributed by atoms with E-state index in [-0.39, 0.29) is 5.91 Å². The van der Waals surface area contributed by atoms with Gasteiger partial charge in [-0.2, -0.15) is 0 Å². The van der Waals surface area contributed by atoms with Gasteiger partial charge in [-0.1, -0.05) is 42.5 Å². The first kappa shape index (κ1) is 19.5. The third kappa shape index (κ3) is 4.27. The molecule has 152 valence electrons. The number of imidazole rings is 1. The zero-order valence-electron chi connectivity index (χ0n) is 17.0. The Morgan fingerprint density at radius 2 is 1.83 bits per heavy atom. The normalized spacial score (nSPS) is 10.7. The molecule has 30 heavy (non-hydrogen) atoms. The van der Waals surface area contributed by atoms with Gasteiger partial charge in [0.05, 0.1) is 7.11 Å². The van der Waals surface area contributed by atoms with Crippen LogP contribution in [0.1, 0.15) is 27.3 Å². The lowest BCUT2D eigenvalue weighted by Crippen LogP contribution is -2.23. The highest BCUT2D eigenvalue weighted by molar-refractivity contribution is 5.92. The first-order valence-electron chi connectivity index (χ1n) is 9.70. The number of nitrogens with zero attached hydrogens (tertiary/aromatic N) is 2. The summed E-state index contributed by atoms with van der Waals surface area (Å²) in [5.74, 6) is 1.06. The van der Waals surface area contributed by atoms with Crippen LogP contribution in [0, 0.1) is 6.92 Å². The molecule has 0 bridgehead atoms. The number of hydrogen-bond donors (Lipinski definition) is 1. The number of hydrogen-bond acceptors (Lipinski definition) is 4. The van der Waals surface area contributed by atoms with E-state index in [0.29, 0.717) is 30.3 Å². The van der Waals surface area contributed by atoms with Crippen molar-refractivity contribution in [2.24, 2.45) is 0 Å². The minimum Gasteiger partial charge on any atom is -0.493 e. The molecule has 0 fully saturated rings. The predicted octanol–water partition coefficient (Wildman–Crippen LogP) is 4.16. The van der Waals surface area contributed by atoms with Gasteiger partial charge in [0.25, 0.3) is 5.91 Å². The Morgan fingerprint density at radius 3 is 2.60 bits per heavy atom. The van der Waals surface area contributed by atoms with E-state index in [1.54, 1.807) is 13.3 Å². The van der Waals surface area contributed by atoms with Crippen molar-refractivity contribution in [1.82, 2.24) is 14.7 Å². The molecule has 4 aromatic rings. The molecule has 0 radical (unpaired) electrons. The van der Waals surface area contributed by atoms with Crippen molar-refractivity contribution in [2.45, 2.75) is 20.1 Å². The van der Waals surface area contributed by atoms with Gasteiger partial charge < -0.3 is 19.2 Å². The monoisotopic (exact) mass is 401 g/mol. The predicted molar refractivity (Wildman–Crippen MR) is 115 cm³/mol. The average Bonchev–Trinajstić information content (AvgIpc) is 3.23. The van der Waals surface area contributed by atoms with Crippen LogP contribution in [-0.4, -0.2) is 22.4 Å². The molecule has 0 saturated carbocycles. The fourth-order valence-electron chi connectivity index (χ4n) is 3.21. The molecule has 2 aromatic carbocycles. The first-order chi connectivity index (χ1) is 14.6. The third-order valence-electron chi connectivity index (χ3n) is 4.85. The maximum Gasteiger partial charge on any atom is 0.271 e. The van der Waals surface area contributed by atoms with Crippen LogP contribution in [0.15, 0.2) is 72.9 Å². The molecular formula is C24H23N3O3. The zero-order valence-corrected chi connectivity index (χ0v) is 17.0. The number of pyridine rings is 1. The Labute approximate surface area is 175 Å². The summed E-state index contributed by atoms with van der Waals surface area (Å²) in [5, 5.41) is 2.91. The van der Waals surface area contributed by atoms with E-state index < -0.39 is 0 Å². The molecule has 0 saturated heterocycles. The summed E-state index contributed by atoms with van der Waals surface area (Å²) < 4.78 is 13.2. The second kappa shape index (κ2) is 8.69. The van der Waals surface area contributed by atoms with Gasteiger partial charge in [0.15, 0.2) is 11.5 Å². The second-order valence-electron chi connectivity index (χ2n) is 6.96. The standard InChI is InChI=1S/C24H23N3O3/c1-17-7-6-10-23-26-20(15-27(17)23)24(28)25-14-19-11-12-21(22(13-19)29-2)30-16-18-8-4-3-5-9-18/h3-13,15H,14,16H2,1-2H3,(H,25,28). The number of aryl methyl sites for hydroxylation is 1. The lowest BCUT2D eigenvalue weighted by atomic mass is 10.2. The van der Waals surface area contributed by atoms with Crippen LogP contribution in [-0.2, 0) is 13.2 Å². The summed E-state index contributed by atoms with van der Waals surface area (Å²) in [7, 11) is 1.60. The molecule has 6 nitrogen and oxygen atoms in total.